The number of carbonyl (C=O) groups excluding carboxylic acids is 1. The summed E-state index contributed by atoms with van der Waals surface area (Å²) < 4.78 is 36.7. The van der Waals surface area contributed by atoms with Gasteiger partial charge < -0.3 is 10.4 Å². The Morgan fingerprint density at radius 3 is 2.48 bits per heavy atom. The lowest BCUT2D eigenvalue weighted by molar-refractivity contribution is -0.137. The van der Waals surface area contributed by atoms with Gasteiger partial charge in [0.2, 0.25) is 0 Å². The lowest BCUT2D eigenvalue weighted by Crippen LogP contribution is -2.26. The molecule has 4 nitrogen and oxygen atoms in total. The maximum Gasteiger partial charge on any atom is 0.389 e. The van der Waals surface area contributed by atoms with Crippen LogP contribution in [-0.2, 0) is 11.2 Å². The van der Waals surface area contributed by atoms with Crippen molar-refractivity contribution in [3.05, 3.63) is 35.4 Å². The number of amides is 1. The normalized spacial score (nSPS) is 11.2. The van der Waals surface area contributed by atoms with Crippen molar-refractivity contribution >= 4 is 11.9 Å². The van der Waals surface area contributed by atoms with Gasteiger partial charge in [0.15, 0.2) is 0 Å². The highest BCUT2D eigenvalue weighted by atomic mass is 19.4. The van der Waals surface area contributed by atoms with Gasteiger partial charge in [-0.3, -0.25) is 9.59 Å². The van der Waals surface area contributed by atoms with E-state index in [9.17, 15) is 22.8 Å². The Morgan fingerprint density at radius 1 is 1.19 bits per heavy atom. The molecule has 0 spiro atoms. The van der Waals surface area contributed by atoms with Crippen molar-refractivity contribution in [2.45, 2.75) is 31.9 Å². The number of aliphatic carboxylic acids is 1. The lowest BCUT2D eigenvalue weighted by Gasteiger charge is -2.11. The van der Waals surface area contributed by atoms with Crippen LogP contribution in [0.2, 0.25) is 0 Å². The maximum atomic E-state index is 12.2. The molecular weight excluding hydrogens is 287 g/mol. The van der Waals surface area contributed by atoms with Gasteiger partial charge in [0.05, 0.1) is 0 Å². The van der Waals surface area contributed by atoms with E-state index >= 15 is 0 Å². The summed E-state index contributed by atoms with van der Waals surface area (Å²) in [5.41, 5.74) is 0.516. The van der Waals surface area contributed by atoms with Crippen LogP contribution in [0.5, 0.6) is 0 Å². The number of carbonyl (C=O) groups is 2. The van der Waals surface area contributed by atoms with E-state index in [0.29, 0.717) is 5.56 Å². The van der Waals surface area contributed by atoms with Crippen LogP contribution in [0.25, 0.3) is 0 Å². The molecule has 0 radical (unpaired) electrons. The molecule has 0 aliphatic rings. The van der Waals surface area contributed by atoms with Crippen LogP contribution in [0.4, 0.5) is 13.2 Å². The van der Waals surface area contributed by atoms with E-state index < -0.39 is 24.5 Å². The average Bonchev–Trinajstić information content (AvgIpc) is 2.40. The highest BCUT2D eigenvalue weighted by molar-refractivity contribution is 5.95. The van der Waals surface area contributed by atoms with E-state index in [4.69, 9.17) is 5.11 Å². The molecule has 21 heavy (non-hydrogen) atoms. The van der Waals surface area contributed by atoms with Crippen LogP contribution in [-0.4, -0.2) is 29.7 Å². The van der Waals surface area contributed by atoms with Crippen molar-refractivity contribution in [3.63, 3.8) is 0 Å². The van der Waals surface area contributed by atoms with Gasteiger partial charge in [-0.1, -0.05) is 18.2 Å². The minimum Gasteiger partial charge on any atom is -0.481 e. The van der Waals surface area contributed by atoms with Crippen molar-refractivity contribution in [3.8, 4) is 0 Å². The third kappa shape index (κ3) is 6.78. The van der Waals surface area contributed by atoms with Gasteiger partial charge in [-0.25, -0.2) is 0 Å². The molecule has 0 atom stereocenters. The van der Waals surface area contributed by atoms with Crippen molar-refractivity contribution in [1.29, 1.82) is 0 Å². The van der Waals surface area contributed by atoms with Crippen LogP contribution in [0.1, 0.15) is 35.2 Å². The van der Waals surface area contributed by atoms with Gasteiger partial charge in [0.1, 0.15) is 0 Å². The van der Waals surface area contributed by atoms with E-state index in [1.807, 2.05) is 0 Å². The van der Waals surface area contributed by atoms with Crippen LogP contribution >= 0.6 is 0 Å². The second-order valence-corrected chi connectivity index (χ2v) is 4.53. The Balaban J connectivity index is 2.60. The molecule has 0 aliphatic heterocycles. The highest BCUT2D eigenvalue weighted by Gasteiger charge is 2.27. The predicted octanol–water partition coefficient (Wildman–Crippen LogP) is 2.78. The van der Waals surface area contributed by atoms with Gasteiger partial charge >= 0.3 is 12.1 Å². The number of alkyl halides is 3. The average molecular weight is 303 g/mol. The molecule has 0 aromatic heterocycles. The Morgan fingerprint density at radius 2 is 1.86 bits per heavy atom. The number of hydrogen-bond donors (Lipinski definition) is 2. The molecule has 1 aromatic rings. The van der Waals surface area contributed by atoms with Gasteiger partial charge in [-0.2, -0.15) is 13.2 Å². The molecule has 1 aromatic carbocycles. The van der Waals surface area contributed by atoms with E-state index in [1.54, 1.807) is 12.1 Å². The molecule has 1 rings (SSSR count). The molecule has 0 aliphatic carbocycles. The summed E-state index contributed by atoms with van der Waals surface area (Å²) in [5, 5.41) is 11.0. The molecule has 0 unspecified atom stereocenters. The van der Waals surface area contributed by atoms with Crippen LogP contribution < -0.4 is 5.32 Å². The number of rotatable bonds is 7. The maximum absolute atomic E-state index is 12.2. The fraction of sp³-hybridized carbons (Fsp3) is 0.429. The summed E-state index contributed by atoms with van der Waals surface area (Å²) in [4.78, 5) is 22.2. The van der Waals surface area contributed by atoms with E-state index in [2.05, 4.69) is 5.32 Å². The zero-order chi connectivity index (χ0) is 15.9. The summed E-state index contributed by atoms with van der Waals surface area (Å²) in [7, 11) is 0. The standard InChI is InChI=1S/C14H16F3NO3/c15-14(16,17)8-7-10-4-1-2-5-11(10)13(21)18-9-3-6-12(19)20/h1-2,4-5H,3,6-9H2,(H,18,21)(H,19,20). The fourth-order valence-corrected chi connectivity index (χ4v) is 1.77. The van der Waals surface area contributed by atoms with E-state index in [-0.39, 0.29) is 31.4 Å². The third-order valence-electron chi connectivity index (χ3n) is 2.79. The molecule has 1 amide bonds. The smallest absolute Gasteiger partial charge is 0.389 e. The van der Waals surface area contributed by atoms with Crippen molar-refractivity contribution < 1.29 is 27.9 Å². The SMILES string of the molecule is O=C(O)CCCNC(=O)c1ccccc1CCC(F)(F)F. The van der Waals surface area contributed by atoms with Crippen molar-refractivity contribution in [2.75, 3.05) is 6.54 Å². The topological polar surface area (TPSA) is 66.4 Å². The molecule has 0 bridgehead atoms. The Bertz CT molecular complexity index is 500. The first kappa shape index (κ1) is 17.0. The fourth-order valence-electron chi connectivity index (χ4n) is 1.77. The highest BCUT2D eigenvalue weighted by Crippen LogP contribution is 2.23. The molecule has 0 heterocycles. The Labute approximate surface area is 120 Å². The van der Waals surface area contributed by atoms with Crippen LogP contribution in [0, 0.1) is 0 Å². The van der Waals surface area contributed by atoms with Gasteiger partial charge in [-0.05, 0) is 24.5 Å². The largest absolute Gasteiger partial charge is 0.481 e. The lowest BCUT2D eigenvalue weighted by atomic mass is 10.0. The summed E-state index contributed by atoms with van der Waals surface area (Å²) in [6.45, 7) is 0.165. The monoisotopic (exact) mass is 303 g/mol. The van der Waals surface area contributed by atoms with Crippen LogP contribution in [0.15, 0.2) is 24.3 Å². The number of hydrogen-bond acceptors (Lipinski definition) is 2. The summed E-state index contributed by atoms with van der Waals surface area (Å²) in [6, 6.07) is 6.09. The molecule has 7 heteroatoms. The van der Waals surface area contributed by atoms with Crippen LogP contribution in [0.3, 0.4) is 0 Å². The van der Waals surface area contributed by atoms with Gasteiger partial charge in [0.25, 0.3) is 5.91 Å². The minimum absolute atomic E-state index is 0.0734. The van der Waals surface area contributed by atoms with Gasteiger partial charge in [0, 0.05) is 24.9 Å². The third-order valence-corrected chi connectivity index (χ3v) is 2.79. The number of carboxylic acids is 1. The quantitative estimate of drug-likeness (QED) is 0.761. The minimum atomic E-state index is -4.27. The molecule has 2 N–H and O–H groups in total. The number of carboxylic acid groups (broad SMARTS) is 1. The molecule has 0 saturated carbocycles. The molecule has 116 valence electrons. The second kappa shape index (κ2) is 7.66. The Kier molecular flexibility index (Phi) is 6.20. The Hall–Kier alpha value is -2.05. The molecular formula is C14H16F3NO3. The summed E-state index contributed by atoms with van der Waals surface area (Å²) in [6.07, 6.45) is -5.33. The van der Waals surface area contributed by atoms with E-state index in [0.717, 1.165) is 0 Å². The van der Waals surface area contributed by atoms with Crippen molar-refractivity contribution in [2.24, 2.45) is 0 Å². The number of aryl methyl sites for hydroxylation is 1. The second-order valence-electron chi connectivity index (χ2n) is 4.53. The zero-order valence-electron chi connectivity index (χ0n) is 11.2. The number of nitrogens with one attached hydrogen (secondary N) is 1. The molecule has 0 saturated heterocycles. The first-order chi connectivity index (χ1) is 9.79. The first-order valence-corrected chi connectivity index (χ1v) is 6.44. The number of benzene rings is 1. The summed E-state index contributed by atoms with van der Waals surface area (Å²) in [5.74, 6) is -1.45. The summed E-state index contributed by atoms with van der Waals surface area (Å²) >= 11 is 0. The predicted molar refractivity (Wildman–Crippen MR) is 70.0 cm³/mol. The van der Waals surface area contributed by atoms with Gasteiger partial charge in [-0.15, -0.1) is 0 Å². The van der Waals surface area contributed by atoms with E-state index in [1.165, 1.54) is 12.1 Å². The van der Waals surface area contributed by atoms with Crippen molar-refractivity contribution in [1.82, 2.24) is 5.32 Å². The first-order valence-electron chi connectivity index (χ1n) is 6.44. The zero-order valence-corrected chi connectivity index (χ0v) is 11.2. The molecule has 0 fully saturated rings. The number of halogens is 3.